The number of fused-ring (bicyclic) bond motifs is 1. The van der Waals surface area contributed by atoms with Crippen LogP contribution in [0.1, 0.15) is 92.7 Å². The Morgan fingerprint density at radius 1 is 1.00 bits per heavy atom. The lowest BCUT2D eigenvalue weighted by atomic mass is 9.76. The van der Waals surface area contributed by atoms with Crippen molar-refractivity contribution in [2.45, 2.75) is 85.5 Å². The van der Waals surface area contributed by atoms with Gasteiger partial charge in [-0.1, -0.05) is 73.6 Å². The van der Waals surface area contributed by atoms with E-state index in [4.69, 9.17) is 2.74 Å². The first kappa shape index (κ1) is 19.8. The average molecular weight is 405 g/mol. The highest BCUT2D eigenvalue weighted by molar-refractivity contribution is 5.94. The van der Waals surface area contributed by atoms with Crippen LogP contribution < -0.4 is 4.57 Å². The van der Waals surface area contributed by atoms with E-state index in [9.17, 15) is 0 Å². The van der Waals surface area contributed by atoms with Gasteiger partial charge < -0.3 is 0 Å². The van der Waals surface area contributed by atoms with Gasteiger partial charge in [-0.2, -0.15) is 0 Å². The summed E-state index contributed by atoms with van der Waals surface area (Å²) in [6.07, 6.45) is 1.31. The van der Waals surface area contributed by atoms with Crippen LogP contribution in [0.4, 0.5) is 0 Å². The molecule has 1 nitrogen and oxygen atoms in total. The molecule has 0 saturated heterocycles. The number of hydrogen-bond donors (Lipinski definition) is 0. The molecule has 0 bridgehead atoms. The number of pyridine rings is 1. The number of rotatable bonds is 3. The van der Waals surface area contributed by atoms with Crippen molar-refractivity contribution in [2.75, 3.05) is 0 Å². The zero-order chi connectivity index (χ0) is 24.2. The fraction of sp³-hybridized carbons (Fsp3) is 0.483. The van der Waals surface area contributed by atoms with Crippen molar-refractivity contribution in [2.24, 2.45) is 7.05 Å². The van der Waals surface area contributed by atoms with Gasteiger partial charge >= 0.3 is 0 Å². The van der Waals surface area contributed by atoms with E-state index in [-0.39, 0.29) is 17.0 Å². The van der Waals surface area contributed by atoms with Gasteiger partial charge in [-0.3, -0.25) is 0 Å². The van der Waals surface area contributed by atoms with Gasteiger partial charge in [0.05, 0.1) is 12.3 Å². The summed E-state index contributed by atoms with van der Waals surface area (Å²) in [5.41, 5.74) is 7.36. The fourth-order valence-electron chi connectivity index (χ4n) is 4.29. The molecule has 2 aromatic carbocycles. The highest BCUT2D eigenvalue weighted by atomic mass is 14.9. The molecule has 0 aliphatic carbocycles. The Hall–Kier alpha value is -2.15. The number of aromatic nitrogens is 1. The minimum Gasteiger partial charge on any atom is -0.200 e. The minimum absolute atomic E-state index is 0.0113. The summed E-state index contributed by atoms with van der Waals surface area (Å²) in [7, 11) is 1.93. The Morgan fingerprint density at radius 2 is 1.67 bits per heavy atom. The summed E-state index contributed by atoms with van der Waals surface area (Å²) >= 11 is 0. The van der Waals surface area contributed by atoms with Gasteiger partial charge in [0.15, 0.2) is 6.17 Å². The van der Waals surface area contributed by atoms with Crippen molar-refractivity contribution in [1.82, 2.24) is 0 Å². The maximum atomic E-state index is 8.74. The Morgan fingerprint density at radius 3 is 2.23 bits per heavy atom. The van der Waals surface area contributed by atoms with Crippen LogP contribution in [-0.2, 0) is 17.9 Å². The second-order valence-electron chi connectivity index (χ2n) is 11.0. The van der Waals surface area contributed by atoms with Crippen molar-refractivity contribution in [3.8, 4) is 11.3 Å². The predicted octanol–water partition coefficient (Wildman–Crippen LogP) is 7.75. The first-order valence-corrected chi connectivity index (χ1v) is 11.3. The van der Waals surface area contributed by atoms with E-state index >= 15 is 0 Å². The van der Waals surface area contributed by atoms with E-state index in [1.165, 1.54) is 27.8 Å². The highest BCUT2D eigenvalue weighted by Gasteiger charge is 2.27. The monoisotopic (exact) mass is 404 g/mol. The maximum absolute atomic E-state index is 8.74. The zero-order valence-electron chi connectivity index (χ0n) is 22.6. The molecule has 0 aliphatic heterocycles. The highest BCUT2D eigenvalue weighted by Crippen LogP contribution is 2.38. The number of benzene rings is 2. The molecule has 30 heavy (non-hydrogen) atoms. The average Bonchev–Trinajstić information content (AvgIpc) is 2.70. The lowest BCUT2D eigenvalue weighted by molar-refractivity contribution is -0.659. The normalized spacial score (nSPS) is 14.6. The molecule has 1 unspecified atom stereocenters. The molecule has 0 aliphatic rings. The quantitative estimate of drug-likeness (QED) is 0.393. The molecule has 0 radical (unpaired) electrons. The Labute approximate surface area is 187 Å². The molecule has 0 amide bonds. The van der Waals surface area contributed by atoms with E-state index in [0.29, 0.717) is 12.0 Å². The van der Waals surface area contributed by atoms with Crippen LogP contribution in [-0.4, -0.2) is 0 Å². The smallest absolute Gasteiger partial charge is 0.200 e. The van der Waals surface area contributed by atoms with Crippen molar-refractivity contribution in [3.63, 3.8) is 0 Å². The van der Waals surface area contributed by atoms with Gasteiger partial charge in [-0.05, 0) is 69.9 Å². The van der Waals surface area contributed by atoms with Gasteiger partial charge in [0.2, 0.25) is 5.69 Å². The Bertz CT molecular complexity index is 1180. The molecule has 1 heterocycles. The van der Waals surface area contributed by atoms with Crippen LogP contribution in [0.2, 0.25) is 0 Å². The van der Waals surface area contributed by atoms with E-state index < -0.39 is 0 Å². The molecule has 1 aromatic heterocycles. The fourth-order valence-corrected chi connectivity index (χ4v) is 4.29. The molecule has 0 spiro atoms. The molecule has 1 heteroatoms. The molecule has 3 aromatic rings. The molecule has 0 fully saturated rings. The van der Waals surface area contributed by atoms with E-state index in [0.717, 1.165) is 22.9 Å². The summed E-state index contributed by atoms with van der Waals surface area (Å²) in [4.78, 5) is 0. The van der Waals surface area contributed by atoms with Crippen molar-refractivity contribution >= 4 is 10.8 Å². The second kappa shape index (κ2) is 7.84. The Balaban J connectivity index is 2.49. The van der Waals surface area contributed by atoms with Crippen LogP contribution >= 0.6 is 0 Å². The molecule has 0 N–H and O–H groups in total. The van der Waals surface area contributed by atoms with Crippen molar-refractivity contribution in [3.05, 3.63) is 64.8 Å². The van der Waals surface area contributed by atoms with E-state index in [2.05, 4.69) is 92.6 Å². The summed E-state index contributed by atoms with van der Waals surface area (Å²) in [6, 6.07) is 11.5. The summed E-state index contributed by atoms with van der Waals surface area (Å²) in [6.45, 7) is 20.2. The second-order valence-corrected chi connectivity index (χ2v) is 11.0. The molecule has 1 atom stereocenters. The summed E-state index contributed by atoms with van der Waals surface area (Å²) < 4.78 is 19.3. The van der Waals surface area contributed by atoms with Crippen molar-refractivity contribution < 1.29 is 7.31 Å². The molecule has 3 rings (SSSR count). The topological polar surface area (TPSA) is 3.88 Å². The predicted molar refractivity (Wildman–Crippen MR) is 131 cm³/mol. The number of nitrogens with zero attached hydrogens (tertiary/aromatic N) is 1. The lowest BCUT2D eigenvalue weighted by Crippen LogP contribution is -2.31. The van der Waals surface area contributed by atoms with Gasteiger partial charge in [0.25, 0.3) is 0 Å². The first-order chi connectivity index (χ1) is 14.7. The summed E-state index contributed by atoms with van der Waals surface area (Å²) in [5.74, 6) is 0.434. The third-order valence-electron chi connectivity index (χ3n) is 6.51. The van der Waals surface area contributed by atoms with Gasteiger partial charge in [0.1, 0.15) is 8.42 Å². The van der Waals surface area contributed by atoms with Gasteiger partial charge in [-0.25, -0.2) is 4.57 Å². The molecule has 0 saturated carbocycles. The molecular weight excluding hydrogens is 362 g/mol. The minimum atomic E-state index is 0.0113. The largest absolute Gasteiger partial charge is 0.220 e. The van der Waals surface area contributed by atoms with Crippen molar-refractivity contribution in [1.29, 1.82) is 0 Å². The molecular formula is C29H40N+. The third kappa shape index (κ3) is 4.17. The van der Waals surface area contributed by atoms with Gasteiger partial charge in [0, 0.05) is 6.04 Å². The number of hydrogen-bond acceptors (Lipinski definition) is 0. The standard InChI is InChI=1S/C29H40N/c1-11-19(2)21-12-13-24-22(16-21)14-15-30(10)27(24)25-17-23(28(4,5)6)18-26(20(25)3)29(7,8)9/h12-19H,11H2,1-10H3/q+1/i14D,15D. The SMILES string of the molecule is [2H]c1c([2H])[n+](C)c(-c2cc(C(C)(C)C)cc(C(C)(C)C)c2C)c2ccc(C(C)CC)cc12. The van der Waals surface area contributed by atoms with Gasteiger partial charge in [-0.15, -0.1) is 0 Å². The van der Waals surface area contributed by atoms with E-state index in [1.807, 2.05) is 11.6 Å². The van der Waals surface area contributed by atoms with Crippen LogP contribution in [0.25, 0.3) is 22.0 Å². The first-order valence-electron chi connectivity index (χ1n) is 12.3. The lowest BCUT2D eigenvalue weighted by Gasteiger charge is -2.28. The maximum Gasteiger partial charge on any atom is 0.220 e. The Kier molecular flexibility index (Phi) is 5.17. The van der Waals surface area contributed by atoms with E-state index in [1.54, 1.807) is 0 Å². The van der Waals surface area contributed by atoms with Crippen LogP contribution in [0.3, 0.4) is 0 Å². The zero-order valence-corrected chi connectivity index (χ0v) is 20.6. The van der Waals surface area contributed by atoms with Crippen LogP contribution in [0.5, 0.6) is 0 Å². The molecule has 160 valence electrons. The third-order valence-corrected chi connectivity index (χ3v) is 6.51. The summed E-state index contributed by atoms with van der Waals surface area (Å²) in [5, 5.41) is 1.92. The van der Waals surface area contributed by atoms with Crippen LogP contribution in [0, 0.1) is 6.92 Å². The van der Waals surface area contributed by atoms with Crippen LogP contribution in [0.15, 0.2) is 42.5 Å².